The first-order valence-electron chi connectivity index (χ1n) is 11.5. The second kappa shape index (κ2) is 18.1. The summed E-state index contributed by atoms with van der Waals surface area (Å²) in [5.74, 6) is 0. The van der Waals surface area contributed by atoms with Gasteiger partial charge in [0.05, 0.1) is 6.10 Å². The molecule has 32 heavy (non-hydrogen) atoms. The largest absolute Gasteiger partial charge is 4.00 e. The molecule has 0 saturated heterocycles. The van der Waals surface area contributed by atoms with Gasteiger partial charge in [-0.25, -0.2) is 24.3 Å². The van der Waals surface area contributed by atoms with Crippen molar-refractivity contribution in [2.45, 2.75) is 103 Å². The van der Waals surface area contributed by atoms with Gasteiger partial charge in [0.25, 0.3) is 0 Å². The Hall–Kier alpha value is 0.780. The minimum Gasteiger partial charge on any atom is -1.00 e. The van der Waals surface area contributed by atoms with E-state index in [0.717, 1.165) is 19.3 Å². The summed E-state index contributed by atoms with van der Waals surface area (Å²) >= 11 is 2.33. The zero-order chi connectivity index (χ0) is 22.5. The minimum atomic E-state index is -1.68. The number of halogens is 2. The van der Waals surface area contributed by atoms with E-state index in [9.17, 15) is 0 Å². The zero-order valence-corrected chi connectivity index (χ0v) is 27.4. The third-order valence-electron chi connectivity index (χ3n) is 6.63. The molecule has 3 rings (SSSR count). The summed E-state index contributed by atoms with van der Waals surface area (Å²) in [4.78, 5) is 0. The Morgan fingerprint density at radius 2 is 1.66 bits per heavy atom. The van der Waals surface area contributed by atoms with Crippen LogP contribution in [0.5, 0.6) is 0 Å². The van der Waals surface area contributed by atoms with Crippen molar-refractivity contribution in [3.05, 3.63) is 58.8 Å². The fourth-order valence-electron chi connectivity index (χ4n) is 3.67. The SMILES string of the molecule is CCCC1(C(CC=CI)O[Si](C)(C)C(C)(C)C)CCC1.[C-]1=CC=CC1.[C-]1=CC=CC1.[Cl-].[H-].[Zr+4]. The fraction of sp³-hybridized carbons (Fsp3) is 0.630. The number of hydrogen-bond donors (Lipinski definition) is 0. The Morgan fingerprint density at radius 1 is 1.12 bits per heavy atom. The molecule has 3 aliphatic rings. The van der Waals surface area contributed by atoms with E-state index in [2.05, 4.69) is 97.8 Å². The van der Waals surface area contributed by atoms with Gasteiger partial charge in [0, 0.05) is 0 Å². The van der Waals surface area contributed by atoms with Crippen molar-refractivity contribution in [2.75, 3.05) is 0 Å². The molecule has 5 heteroatoms. The van der Waals surface area contributed by atoms with Crippen LogP contribution in [0.2, 0.25) is 18.1 Å². The molecule has 1 nitrogen and oxygen atoms in total. The summed E-state index contributed by atoms with van der Waals surface area (Å²) in [6, 6.07) is 0. The number of allylic oxidation sites excluding steroid dienone is 8. The van der Waals surface area contributed by atoms with Gasteiger partial charge in [-0.15, -0.1) is 12.8 Å². The molecule has 180 valence electrons. The van der Waals surface area contributed by atoms with Gasteiger partial charge in [-0.1, -0.05) is 69.2 Å². The normalized spacial score (nSPS) is 18.6. The molecule has 0 spiro atoms. The summed E-state index contributed by atoms with van der Waals surface area (Å²) < 4.78 is 9.00. The van der Waals surface area contributed by atoms with E-state index in [1.165, 1.54) is 32.1 Å². The van der Waals surface area contributed by atoms with Gasteiger partial charge in [-0.2, -0.15) is 12.2 Å². The van der Waals surface area contributed by atoms with Crippen LogP contribution in [0.15, 0.2) is 46.6 Å². The summed E-state index contributed by atoms with van der Waals surface area (Å²) in [5, 5.41) is 0.302. The average Bonchev–Trinajstić information content (AvgIpc) is 3.39. The first-order valence-corrected chi connectivity index (χ1v) is 15.7. The van der Waals surface area contributed by atoms with Gasteiger partial charge in [0.1, 0.15) is 0 Å². The van der Waals surface area contributed by atoms with Gasteiger partial charge < -0.3 is 18.3 Å². The van der Waals surface area contributed by atoms with E-state index in [1.54, 1.807) is 0 Å². The van der Waals surface area contributed by atoms with Crippen molar-refractivity contribution in [1.82, 2.24) is 0 Å². The van der Waals surface area contributed by atoms with Crippen molar-refractivity contribution < 1.29 is 44.5 Å². The van der Waals surface area contributed by atoms with Gasteiger partial charge in [-0.05, 0) is 53.3 Å². The van der Waals surface area contributed by atoms with Crippen molar-refractivity contribution in [3.63, 3.8) is 0 Å². The van der Waals surface area contributed by atoms with Crippen LogP contribution in [0.25, 0.3) is 0 Å². The van der Waals surface area contributed by atoms with Gasteiger partial charge in [0.2, 0.25) is 0 Å². The number of hydrogen-bond acceptors (Lipinski definition) is 1. The summed E-state index contributed by atoms with van der Waals surface area (Å²) in [7, 11) is -1.68. The Balaban J connectivity index is -0.000000569. The zero-order valence-electron chi connectivity index (χ0n) is 22.0. The standard InChI is InChI=1S/C17H33IOSi.2C5H5.ClH.Zr.H/c1-7-11-17(12-9-13-17)15(10-8-14-18)19-20(5,6)16(2,3)4;2*1-2-4-5-3-1;;;/h8,14-15H,7,9-13H2,1-6H3;2*1-3H,4H2;1H;;/q;2*-1;;+4;-1/p-1. The molecule has 0 bridgehead atoms. The van der Waals surface area contributed by atoms with Crippen LogP contribution in [0, 0.1) is 17.6 Å². The minimum absolute atomic E-state index is 0. The predicted octanol–water partition coefficient (Wildman–Crippen LogP) is 6.41. The molecule has 0 amide bonds. The van der Waals surface area contributed by atoms with E-state index in [4.69, 9.17) is 4.43 Å². The Kier molecular flexibility index (Phi) is 19.8. The van der Waals surface area contributed by atoms with Crippen molar-refractivity contribution in [1.29, 1.82) is 0 Å². The molecule has 3 aliphatic carbocycles. The first kappa shape index (κ1) is 34.9. The Labute approximate surface area is 241 Å². The first-order chi connectivity index (χ1) is 14.2. The monoisotopic (exact) mass is 664 g/mol. The van der Waals surface area contributed by atoms with Crippen LogP contribution in [0.1, 0.15) is 80.5 Å². The second-order valence-electron chi connectivity index (χ2n) is 9.94. The Bertz CT molecular complexity index is 593. The molecule has 1 atom stereocenters. The maximum Gasteiger partial charge on any atom is 4.00 e. The maximum atomic E-state index is 6.85. The van der Waals surface area contributed by atoms with E-state index in [-0.39, 0.29) is 40.0 Å². The molecule has 0 N–H and O–H groups in total. The van der Waals surface area contributed by atoms with Gasteiger partial charge in [0.15, 0.2) is 8.32 Å². The second-order valence-corrected chi connectivity index (χ2v) is 15.4. The van der Waals surface area contributed by atoms with Crippen LogP contribution >= 0.6 is 22.6 Å². The third kappa shape index (κ3) is 12.5. The molecule has 1 unspecified atom stereocenters. The molecule has 0 radical (unpaired) electrons. The fourth-order valence-corrected chi connectivity index (χ4v) is 5.38. The van der Waals surface area contributed by atoms with Crippen molar-refractivity contribution >= 4 is 30.9 Å². The molecule has 0 heterocycles. The average molecular weight is 666 g/mol. The summed E-state index contributed by atoms with van der Waals surface area (Å²) in [5.41, 5.74) is 0.473. The van der Waals surface area contributed by atoms with Crippen molar-refractivity contribution in [3.8, 4) is 0 Å². The van der Waals surface area contributed by atoms with Gasteiger partial charge >= 0.3 is 26.2 Å². The quantitative estimate of drug-likeness (QED) is 0.174. The van der Waals surface area contributed by atoms with E-state index in [1.807, 2.05) is 24.3 Å². The molecule has 0 aromatic heterocycles. The van der Waals surface area contributed by atoms with E-state index in [0.29, 0.717) is 16.6 Å². The molecule has 0 aromatic rings. The van der Waals surface area contributed by atoms with Crippen LogP contribution in [-0.2, 0) is 30.6 Å². The van der Waals surface area contributed by atoms with E-state index < -0.39 is 8.32 Å². The van der Waals surface area contributed by atoms with Crippen LogP contribution < -0.4 is 12.4 Å². The maximum absolute atomic E-state index is 6.85. The van der Waals surface area contributed by atoms with E-state index >= 15 is 0 Å². The van der Waals surface area contributed by atoms with Crippen LogP contribution in [0.4, 0.5) is 0 Å². The topological polar surface area (TPSA) is 9.23 Å². The molecule has 0 aromatic carbocycles. The van der Waals surface area contributed by atoms with Crippen molar-refractivity contribution in [2.24, 2.45) is 5.41 Å². The van der Waals surface area contributed by atoms with Crippen LogP contribution in [-0.4, -0.2) is 14.4 Å². The molecule has 0 aliphatic heterocycles. The molecular weight excluding hydrogens is 622 g/mol. The summed E-state index contributed by atoms with van der Waals surface area (Å²) in [6.45, 7) is 14.1. The molecular formula is C27H44ClIOSiZr. The Morgan fingerprint density at radius 3 is 1.91 bits per heavy atom. The molecule has 1 fully saturated rings. The molecule has 1 saturated carbocycles. The summed E-state index contributed by atoms with van der Waals surface area (Å²) in [6.07, 6.45) is 30.6. The third-order valence-corrected chi connectivity index (χ3v) is 11.6. The van der Waals surface area contributed by atoms with Crippen LogP contribution in [0.3, 0.4) is 0 Å². The predicted molar refractivity (Wildman–Crippen MR) is 145 cm³/mol. The number of rotatable bonds is 7. The van der Waals surface area contributed by atoms with Gasteiger partial charge in [-0.3, -0.25) is 12.2 Å². The smallest absolute Gasteiger partial charge is 1.00 e.